The number of benzene rings is 1. The molecule has 1 aliphatic heterocycles. The maximum Gasteiger partial charge on any atom is 0.343 e. The van der Waals surface area contributed by atoms with E-state index in [9.17, 15) is 9.18 Å². The number of hydrogen-bond acceptors (Lipinski definition) is 2. The van der Waals surface area contributed by atoms with Gasteiger partial charge in [0.25, 0.3) is 0 Å². The van der Waals surface area contributed by atoms with Crippen molar-refractivity contribution >= 4 is 11.7 Å². The number of carboxylic acids is 1. The Morgan fingerprint density at radius 2 is 2.06 bits per heavy atom. The fourth-order valence-electron chi connectivity index (χ4n) is 1.92. The third-order valence-electron chi connectivity index (χ3n) is 3.00. The molecule has 4 heteroatoms. The summed E-state index contributed by atoms with van der Waals surface area (Å²) in [5, 5.41) is 8.78. The SMILES string of the molecule is Cc1ccc(N2CCC(F)(C(=O)O)C2)cc1. The highest BCUT2D eigenvalue weighted by atomic mass is 19.1. The van der Waals surface area contributed by atoms with Gasteiger partial charge in [-0.3, -0.25) is 0 Å². The van der Waals surface area contributed by atoms with Gasteiger partial charge in [-0.15, -0.1) is 0 Å². The molecule has 2 rings (SSSR count). The van der Waals surface area contributed by atoms with Crippen LogP contribution >= 0.6 is 0 Å². The van der Waals surface area contributed by atoms with Gasteiger partial charge in [0.2, 0.25) is 5.67 Å². The normalized spacial score (nSPS) is 24.8. The summed E-state index contributed by atoms with van der Waals surface area (Å²) in [6.07, 6.45) is 0.0518. The molecule has 0 radical (unpaired) electrons. The molecule has 1 saturated heterocycles. The largest absolute Gasteiger partial charge is 0.479 e. The van der Waals surface area contributed by atoms with Crippen LogP contribution in [0.3, 0.4) is 0 Å². The van der Waals surface area contributed by atoms with Gasteiger partial charge in [0.15, 0.2) is 0 Å². The van der Waals surface area contributed by atoms with Crippen molar-refractivity contribution in [2.24, 2.45) is 0 Å². The standard InChI is InChI=1S/C12H14FNO2/c1-9-2-4-10(5-3-9)14-7-6-12(13,8-14)11(15)16/h2-5H,6-8H2,1H3,(H,15,16). The topological polar surface area (TPSA) is 40.5 Å². The lowest BCUT2D eigenvalue weighted by atomic mass is 10.1. The van der Waals surface area contributed by atoms with Gasteiger partial charge in [-0.25, -0.2) is 9.18 Å². The van der Waals surface area contributed by atoms with E-state index in [0.717, 1.165) is 11.3 Å². The number of hydrogen-bond donors (Lipinski definition) is 1. The van der Waals surface area contributed by atoms with Crippen LogP contribution in [0.4, 0.5) is 10.1 Å². The third kappa shape index (κ3) is 1.87. The number of rotatable bonds is 2. The highest BCUT2D eigenvalue weighted by Gasteiger charge is 2.45. The Morgan fingerprint density at radius 3 is 2.56 bits per heavy atom. The Hall–Kier alpha value is -1.58. The number of anilines is 1. The molecule has 0 bridgehead atoms. The monoisotopic (exact) mass is 223 g/mol. The van der Waals surface area contributed by atoms with Crippen LogP contribution in [0.1, 0.15) is 12.0 Å². The zero-order valence-electron chi connectivity index (χ0n) is 9.11. The maximum absolute atomic E-state index is 13.8. The quantitative estimate of drug-likeness (QED) is 0.833. The van der Waals surface area contributed by atoms with Crippen LogP contribution in [0, 0.1) is 6.92 Å². The molecule has 1 aromatic rings. The predicted molar refractivity (Wildman–Crippen MR) is 59.5 cm³/mol. The molecule has 1 atom stereocenters. The molecule has 1 heterocycles. The Balaban J connectivity index is 2.15. The van der Waals surface area contributed by atoms with Crippen LogP contribution in [0.2, 0.25) is 0 Å². The summed E-state index contributed by atoms with van der Waals surface area (Å²) in [6, 6.07) is 7.66. The summed E-state index contributed by atoms with van der Waals surface area (Å²) in [6.45, 7) is 2.36. The predicted octanol–water partition coefficient (Wildman–Crippen LogP) is 2.00. The Bertz CT molecular complexity index is 404. The molecule has 16 heavy (non-hydrogen) atoms. The van der Waals surface area contributed by atoms with Gasteiger partial charge in [0.05, 0.1) is 6.54 Å². The maximum atomic E-state index is 13.8. The van der Waals surface area contributed by atoms with Crippen molar-refractivity contribution in [3.8, 4) is 0 Å². The summed E-state index contributed by atoms with van der Waals surface area (Å²) < 4.78 is 13.8. The first-order valence-electron chi connectivity index (χ1n) is 5.25. The van der Waals surface area contributed by atoms with Crippen LogP contribution in [-0.2, 0) is 4.79 Å². The molecule has 0 aromatic heterocycles. The number of nitrogens with zero attached hydrogens (tertiary/aromatic N) is 1. The lowest BCUT2D eigenvalue weighted by Crippen LogP contribution is -2.37. The molecule has 1 fully saturated rings. The average Bonchev–Trinajstić information content (AvgIpc) is 2.63. The average molecular weight is 223 g/mol. The van der Waals surface area contributed by atoms with E-state index in [2.05, 4.69) is 0 Å². The Kier molecular flexibility index (Phi) is 2.58. The third-order valence-corrected chi connectivity index (χ3v) is 3.00. The van der Waals surface area contributed by atoms with Crippen LogP contribution < -0.4 is 4.90 Å². The number of halogens is 1. The van der Waals surface area contributed by atoms with Gasteiger partial charge in [-0.1, -0.05) is 17.7 Å². The molecule has 86 valence electrons. The number of aryl methyl sites for hydroxylation is 1. The van der Waals surface area contributed by atoms with Crippen molar-refractivity contribution < 1.29 is 14.3 Å². The first kappa shape index (κ1) is 10.9. The molecule has 1 N–H and O–H groups in total. The summed E-state index contributed by atoms with van der Waals surface area (Å²) in [7, 11) is 0. The fraction of sp³-hybridized carbons (Fsp3) is 0.417. The van der Waals surface area contributed by atoms with Crippen LogP contribution in [0.15, 0.2) is 24.3 Å². The minimum absolute atomic E-state index is 0.0518. The fourth-order valence-corrected chi connectivity index (χ4v) is 1.92. The Labute approximate surface area is 93.5 Å². The van der Waals surface area contributed by atoms with Gasteiger partial charge in [0, 0.05) is 18.7 Å². The molecular weight excluding hydrogens is 209 g/mol. The minimum Gasteiger partial charge on any atom is -0.479 e. The van der Waals surface area contributed by atoms with Crippen LogP contribution in [-0.4, -0.2) is 29.8 Å². The van der Waals surface area contributed by atoms with Crippen molar-refractivity contribution in [1.29, 1.82) is 0 Å². The summed E-state index contributed by atoms with van der Waals surface area (Å²) in [5.74, 6) is -1.36. The lowest BCUT2D eigenvalue weighted by Gasteiger charge is -2.19. The molecule has 0 aliphatic carbocycles. The van der Waals surface area contributed by atoms with Crippen molar-refractivity contribution in [2.75, 3.05) is 18.0 Å². The Morgan fingerprint density at radius 1 is 1.44 bits per heavy atom. The zero-order valence-corrected chi connectivity index (χ0v) is 9.11. The lowest BCUT2D eigenvalue weighted by molar-refractivity contribution is -0.149. The second kappa shape index (κ2) is 3.77. The van der Waals surface area contributed by atoms with E-state index in [0.29, 0.717) is 6.54 Å². The first-order chi connectivity index (χ1) is 7.51. The van der Waals surface area contributed by atoms with Gasteiger partial charge < -0.3 is 10.0 Å². The highest BCUT2D eigenvalue weighted by molar-refractivity contribution is 5.79. The van der Waals surface area contributed by atoms with Crippen molar-refractivity contribution in [1.82, 2.24) is 0 Å². The highest BCUT2D eigenvalue weighted by Crippen LogP contribution is 2.30. The summed E-state index contributed by atoms with van der Waals surface area (Å²) >= 11 is 0. The molecule has 0 amide bonds. The molecule has 1 aromatic carbocycles. The van der Waals surface area contributed by atoms with Gasteiger partial charge in [-0.2, -0.15) is 0 Å². The molecule has 0 saturated carbocycles. The van der Waals surface area contributed by atoms with Crippen molar-refractivity contribution in [3.05, 3.63) is 29.8 Å². The van der Waals surface area contributed by atoms with E-state index in [1.165, 1.54) is 0 Å². The van der Waals surface area contributed by atoms with E-state index < -0.39 is 11.6 Å². The second-order valence-electron chi connectivity index (χ2n) is 4.28. The number of aliphatic carboxylic acids is 1. The second-order valence-corrected chi connectivity index (χ2v) is 4.28. The van der Waals surface area contributed by atoms with E-state index >= 15 is 0 Å². The first-order valence-corrected chi connectivity index (χ1v) is 5.25. The van der Waals surface area contributed by atoms with Crippen LogP contribution in [0.5, 0.6) is 0 Å². The van der Waals surface area contributed by atoms with Gasteiger partial charge >= 0.3 is 5.97 Å². The number of carbonyl (C=O) groups is 1. The van der Waals surface area contributed by atoms with Crippen LogP contribution in [0.25, 0.3) is 0 Å². The number of alkyl halides is 1. The van der Waals surface area contributed by atoms with E-state index in [-0.39, 0.29) is 13.0 Å². The smallest absolute Gasteiger partial charge is 0.343 e. The molecule has 0 spiro atoms. The molecular formula is C12H14FNO2. The van der Waals surface area contributed by atoms with E-state index in [1.807, 2.05) is 31.2 Å². The molecule has 1 aliphatic rings. The molecule has 1 unspecified atom stereocenters. The van der Waals surface area contributed by atoms with Crippen molar-refractivity contribution in [2.45, 2.75) is 19.0 Å². The van der Waals surface area contributed by atoms with E-state index in [4.69, 9.17) is 5.11 Å². The molecule has 3 nitrogen and oxygen atoms in total. The summed E-state index contributed by atoms with van der Waals surface area (Å²) in [4.78, 5) is 12.5. The zero-order chi connectivity index (χ0) is 11.8. The van der Waals surface area contributed by atoms with Gasteiger partial charge in [-0.05, 0) is 19.1 Å². The summed E-state index contributed by atoms with van der Waals surface area (Å²) in [5.41, 5.74) is -0.0793. The van der Waals surface area contributed by atoms with Crippen molar-refractivity contribution in [3.63, 3.8) is 0 Å². The number of carboxylic acid groups (broad SMARTS) is 1. The van der Waals surface area contributed by atoms with Gasteiger partial charge in [0.1, 0.15) is 0 Å². The minimum atomic E-state index is -2.09. The van der Waals surface area contributed by atoms with E-state index in [1.54, 1.807) is 4.90 Å².